The van der Waals surface area contributed by atoms with Gasteiger partial charge in [-0.3, -0.25) is 14.5 Å². The Bertz CT molecular complexity index is 1650. The number of likely N-dealkylation sites (tertiary alicyclic amines) is 1. The molecule has 0 saturated carbocycles. The van der Waals surface area contributed by atoms with E-state index in [4.69, 9.17) is 5.11 Å². The quantitative estimate of drug-likeness (QED) is 0.225. The topological polar surface area (TPSA) is 93.4 Å². The third-order valence-electron chi connectivity index (χ3n) is 8.23. The van der Waals surface area contributed by atoms with Gasteiger partial charge in [0.15, 0.2) is 5.78 Å². The summed E-state index contributed by atoms with van der Waals surface area (Å²) in [7, 11) is 0. The zero-order valence-electron chi connectivity index (χ0n) is 25.0. The van der Waals surface area contributed by atoms with Crippen molar-refractivity contribution in [1.29, 1.82) is 5.26 Å². The maximum absolute atomic E-state index is 14.0. The second-order valence-electron chi connectivity index (χ2n) is 11.8. The second kappa shape index (κ2) is 13.0. The van der Waals surface area contributed by atoms with Crippen LogP contribution in [0.5, 0.6) is 0 Å². The molecule has 2 heterocycles. The van der Waals surface area contributed by atoms with E-state index in [0.717, 1.165) is 0 Å². The maximum atomic E-state index is 14.0. The van der Waals surface area contributed by atoms with Gasteiger partial charge in [0.2, 0.25) is 0 Å². The summed E-state index contributed by atoms with van der Waals surface area (Å²) in [6.45, 7) is 4.40. The maximum Gasteiger partial charge on any atom is 0.416 e. The molecule has 2 N–H and O–H groups in total. The molecule has 246 valence electrons. The molecule has 1 fully saturated rings. The van der Waals surface area contributed by atoms with Gasteiger partial charge in [-0.05, 0) is 99.6 Å². The minimum absolute atomic E-state index is 0.00214. The summed E-state index contributed by atoms with van der Waals surface area (Å²) in [6, 6.07) is 7.29. The molecule has 0 aliphatic carbocycles. The van der Waals surface area contributed by atoms with E-state index in [2.05, 4.69) is 11.4 Å². The van der Waals surface area contributed by atoms with Crippen molar-refractivity contribution in [1.82, 2.24) is 4.90 Å². The number of nitrogens with one attached hydrogen (secondary N) is 1. The van der Waals surface area contributed by atoms with Crippen LogP contribution in [0.15, 0.2) is 36.4 Å². The number of halogens is 7. The average Bonchev–Trinajstić information content (AvgIpc) is 3.32. The summed E-state index contributed by atoms with van der Waals surface area (Å²) < 4.78 is 95.2. The van der Waals surface area contributed by atoms with Crippen molar-refractivity contribution in [3.05, 3.63) is 74.9 Å². The number of carbonyl (C=O) groups is 2. The van der Waals surface area contributed by atoms with Crippen molar-refractivity contribution in [2.75, 3.05) is 31.5 Å². The molecule has 0 amide bonds. The Balaban J connectivity index is 1.71. The normalized spacial score (nSPS) is 15.1. The van der Waals surface area contributed by atoms with E-state index >= 15 is 0 Å². The molecule has 0 unspecified atom stereocenters. The fourth-order valence-corrected chi connectivity index (χ4v) is 6.99. The highest BCUT2D eigenvalue weighted by molar-refractivity contribution is 7.16. The number of Topliss-reactive ketones (excluding diaryl/α,β-unsaturated/α-hetero) is 1. The van der Waals surface area contributed by atoms with Crippen molar-refractivity contribution in [3.63, 3.8) is 0 Å². The molecule has 3 aromatic rings. The molecule has 1 saturated heterocycles. The first-order valence-electron chi connectivity index (χ1n) is 14.2. The molecule has 6 nitrogen and oxygen atoms in total. The number of hydrogen-bond acceptors (Lipinski definition) is 6. The lowest BCUT2D eigenvalue weighted by atomic mass is 9.79. The first kappa shape index (κ1) is 34.9. The van der Waals surface area contributed by atoms with Gasteiger partial charge >= 0.3 is 18.3 Å². The number of carboxylic acid groups (broad SMARTS) is 1. The van der Waals surface area contributed by atoms with E-state index in [-0.39, 0.29) is 29.8 Å². The number of rotatable bonds is 9. The Morgan fingerprint density at radius 2 is 1.57 bits per heavy atom. The number of aliphatic carboxylic acids is 1. The summed E-state index contributed by atoms with van der Waals surface area (Å²) in [4.78, 5) is 27.7. The standard InChI is InChI=1S/C32H30F7N3O3S/c1-17-10-22(33)4-5-23(17)29-27(24(14-40)28(46-29)18-6-8-42(9-7-18)16-26(44)45)41-15-25(43)30(2,3)19-11-20(31(34,35)36)13-21(12-19)32(37,38)39/h4-5,10-13,18,41H,6-9,15-16H2,1-3H3,(H,44,45). The van der Waals surface area contributed by atoms with Crippen LogP contribution in [-0.2, 0) is 27.4 Å². The van der Waals surface area contributed by atoms with Crippen molar-refractivity contribution in [2.45, 2.75) is 57.3 Å². The van der Waals surface area contributed by atoms with Crippen LogP contribution in [0.1, 0.15) is 65.3 Å². The summed E-state index contributed by atoms with van der Waals surface area (Å²) in [5.41, 5.74) is -3.79. The number of carbonyl (C=O) groups excluding carboxylic acids is 1. The molecule has 14 heteroatoms. The number of carboxylic acids is 1. The number of hydrogen-bond donors (Lipinski definition) is 2. The van der Waals surface area contributed by atoms with Crippen LogP contribution in [0.4, 0.5) is 36.4 Å². The lowest BCUT2D eigenvalue weighted by Crippen LogP contribution is -2.36. The molecule has 4 rings (SSSR count). The third-order valence-corrected chi connectivity index (χ3v) is 9.62. The molecule has 1 aromatic heterocycles. The predicted molar refractivity (Wildman–Crippen MR) is 158 cm³/mol. The van der Waals surface area contributed by atoms with Crippen molar-refractivity contribution >= 4 is 28.8 Å². The van der Waals surface area contributed by atoms with E-state index < -0.39 is 58.6 Å². The number of aryl methyl sites for hydroxylation is 1. The predicted octanol–water partition coefficient (Wildman–Crippen LogP) is 7.99. The van der Waals surface area contributed by atoms with Crippen LogP contribution in [0, 0.1) is 24.1 Å². The van der Waals surface area contributed by atoms with Crippen molar-refractivity contribution in [3.8, 4) is 16.5 Å². The van der Waals surface area contributed by atoms with Crippen LogP contribution in [0.3, 0.4) is 0 Å². The number of alkyl halides is 6. The van der Waals surface area contributed by atoms with Crippen LogP contribution in [0.25, 0.3) is 10.4 Å². The zero-order valence-corrected chi connectivity index (χ0v) is 25.8. The van der Waals surface area contributed by atoms with E-state index in [0.29, 0.717) is 58.9 Å². The molecular weight excluding hydrogens is 639 g/mol. The average molecular weight is 670 g/mol. The summed E-state index contributed by atoms with van der Waals surface area (Å²) in [5.74, 6) is -2.31. The van der Waals surface area contributed by atoms with Gasteiger partial charge in [-0.1, -0.05) is 6.07 Å². The molecule has 2 aromatic carbocycles. The van der Waals surface area contributed by atoms with Gasteiger partial charge in [0.1, 0.15) is 11.9 Å². The summed E-state index contributed by atoms with van der Waals surface area (Å²) in [6.07, 6.45) is -9.08. The fourth-order valence-electron chi connectivity index (χ4n) is 5.50. The molecule has 1 aliphatic heterocycles. The number of piperidine rings is 1. The van der Waals surface area contributed by atoms with E-state index in [1.54, 1.807) is 11.8 Å². The molecule has 0 bridgehead atoms. The Labute approximate surface area is 264 Å². The monoisotopic (exact) mass is 669 g/mol. The van der Waals surface area contributed by atoms with Crippen LogP contribution in [0.2, 0.25) is 0 Å². The fraction of sp³-hybridized carbons (Fsp3) is 0.406. The summed E-state index contributed by atoms with van der Waals surface area (Å²) >= 11 is 1.27. The first-order valence-corrected chi connectivity index (χ1v) is 15.0. The highest BCUT2D eigenvalue weighted by Gasteiger charge is 2.40. The van der Waals surface area contributed by atoms with Crippen LogP contribution < -0.4 is 5.32 Å². The lowest BCUT2D eigenvalue weighted by Gasteiger charge is -2.30. The Morgan fingerprint density at radius 3 is 2.07 bits per heavy atom. The van der Waals surface area contributed by atoms with E-state index in [9.17, 15) is 45.6 Å². The first-order chi connectivity index (χ1) is 21.3. The third kappa shape index (κ3) is 7.53. The van der Waals surface area contributed by atoms with Gasteiger partial charge in [0.05, 0.1) is 45.8 Å². The van der Waals surface area contributed by atoms with Crippen molar-refractivity contribution in [2.24, 2.45) is 0 Å². The highest BCUT2D eigenvalue weighted by Crippen LogP contribution is 2.47. The molecule has 46 heavy (non-hydrogen) atoms. The molecule has 0 atom stereocenters. The number of anilines is 1. The molecular formula is C32H30F7N3O3S. The number of nitrogens with zero attached hydrogens (tertiary/aromatic N) is 2. The Hall–Kier alpha value is -3.96. The molecule has 0 spiro atoms. The molecule has 0 radical (unpaired) electrons. The Kier molecular flexibility index (Phi) is 9.89. The van der Waals surface area contributed by atoms with Crippen LogP contribution in [-0.4, -0.2) is 47.9 Å². The minimum atomic E-state index is -5.09. The SMILES string of the molecule is Cc1cc(F)ccc1-c1sc(C2CCN(CC(=O)O)CC2)c(C#N)c1NCC(=O)C(C)(C)c1cc(C(F)(F)F)cc(C(F)(F)F)c1. The molecule has 1 aliphatic rings. The van der Waals surface area contributed by atoms with Gasteiger partial charge in [0.25, 0.3) is 0 Å². The Morgan fingerprint density at radius 1 is 1.00 bits per heavy atom. The van der Waals surface area contributed by atoms with Crippen molar-refractivity contribution < 1.29 is 45.4 Å². The van der Waals surface area contributed by atoms with E-state index in [1.165, 1.54) is 43.4 Å². The second-order valence-corrected chi connectivity index (χ2v) is 12.8. The highest BCUT2D eigenvalue weighted by atomic mass is 32.1. The van der Waals surface area contributed by atoms with Gasteiger partial charge in [-0.2, -0.15) is 31.6 Å². The van der Waals surface area contributed by atoms with Gasteiger partial charge in [-0.25, -0.2) is 4.39 Å². The number of ketones is 1. The minimum Gasteiger partial charge on any atom is -0.480 e. The zero-order chi connectivity index (χ0) is 34.2. The number of thiophene rings is 1. The smallest absolute Gasteiger partial charge is 0.416 e. The van der Waals surface area contributed by atoms with E-state index in [1.807, 2.05) is 0 Å². The van der Waals surface area contributed by atoms with Gasteiger partial charge in [-0.15, -0.1) is 11.3 Å². The van der Waals surface area contributed by atoms with Crippen LogP contribution >= 0.6 is 11.3 Å². The largest absolute Gasteiger partial charge is 0.480 e. The number of benzene rings is 2. The van der Waals surface area contributed by atoms with Gasteiger partial charge < -0.3 is 10.4 Å². The number of nitriles is 1. The lowest BCUT2D eigenvalue weighted by molar-refractivity contribution is -0.143. The van der Waals surface area contributed by atoms with Gasteiger partial charge in [0, 0.05) is 4.88 Å². The summed E-state index contributed by atoms with van der Waals surface area (Å²) in [5, 5.41) is 22.3.